The molecule has 156 valence electrons. The number of aryl methyl sites for hydroxylation is 1. The van der Waals surface area contributed by atoms with Gasteiger partial charge in [0.25, 0.3) is 0 Å². The number of nitrogens with zero attached hydrogens (tertiary/aromatic N) is 2. The quantitative estimate of drug-likeness (QED) is 0.307. The van der Waals surface area contributed by atoms with Crippen molar-refractivity contribution in [3.63, 3.8) is 0 Å². The summed E-state index contributed by atoms with van der Waals surface area (Å²) in [6, 6.07) is 7.02. The van der Waals surface area contributed by atoms with Crippen molar-refractivity contribution in [2.75, 3.05) is 32.7 Å². The van der Waals surface area contributed by atoms with Gasteiger partial charge in [0.2, 0.25) is 0 Å². The molecule has 0 saturated carbocycles. The van der Waals surface area contributed by atoms with Gasteiger partial charge in [-0.25, -0.2) is 0 Å². The molecule has 3 rings (SSSR count). The zero-order valence-electron chi connectivity index (χ0n) is 17.6. The Hall–Kier alpha value is -1.28. The molecule has 1 aromatic carbocycles. The van der Waals surface area contributed by atoms with Gasteiger partial charge < -0.3 is 20.5 Å². The van der Waals surface area contributed by atoms with Crippen LogP contribution in [0.2, 0.25) is 0 Å². The van der Waals surface area contributed by atoms with E-state index in [-0.39, 0.29) is 24.0 Å². The second kappa shape index (κ2) is 11.7. The second-order valence-electron chi connectivity index (χ2n) is 7.58. The Balaban J connectivity index is 0.00000280. The number of H-pyrrole nitrogens is 1. The van der Waals surface area contributed by atoms with Crippen LogP contribution in [-0.2, 0) is 6.42 Å². The van der Waals surface area contributed by atoms with Gasteiger partial charge >= 0.3 is 0 Å². The van der Waals surface area contributed by atoms with Crippen LogP contribution in [0.25, 0.3) is 10.9 Å². The van der Waals surface area contributed by atoms with Crippen molar-refractivity contribution in [1.82, 2.24) is 20.5 Å². The minimum absolute atomic E-state index is 0. The number of hydrogen-bond donors (Lipinski definition) is 3. The molecule has 0 radical (unpaired) electrons. The van der Waals surface area contributed by atoms with E-state index in [4.69, 9.17) is 4.99 Å². The Labute approximate surface area is 186 Å². The van der Waals surface area contributed by atoms with E-state index in [0.29, 0.717) is 6.04 Å². The fourth-order valence-corrected chi connectivity index (χ4v) is 3.99. The van der Waals surface area contributed by atoms with Gasteiger partial charge in [0.1, 0.15) is 0 Å². The number of fused-ring (bicyclic) bond motifs is 1. The molecule has 3 N–H and O–H groups in total. The minimum atomic E-state index is 0. The number of nitrogens with one attached hydrogen (secondary N) is 3. The lowest BCUT2D eigenvalue weighted by Crippen LogP contribution is -2.48. The highest BCUT2D eigenvalue weighted by molar-refractivity contribution is 14.0. The Morgan fingerprint density at radius 3 is 2.75 bits per heavy atom. The Kier molecular flexibility index (Phi) is 9.58. The standard InChI is InChI=1S/C22H35N5.HI/c1-4-13-27-14-10-19(11-15-27)26-22(23-5-2)24-12-9-18-16-25-21-17(3)7-6-8-20(18)21;/h6-8,16,19,25H,4-5,9-15H2,1-3H3,(H2,23,24,26);1H. The van der Waals surface area contributed by atoms with Crippen LogP contribution in [0.1, 0.15) is 44.2 Å². The van der Waals surface area contributed by atoms with Gasteiger partial charge in [0.05, 0.1) is 0 Å². The predicted molar refractivity (Wildman–Crippen MR) is 131 cm³/mol. The Morgan fingerprint density at radius 1 is 1.25 bits per heavy atom. The molecule has 1 aliphatic heterocycles. The number of rotatable bonds is 7. The SMILES string of the molecule is CCCN1CCC(NC(=NCCc2c[nH]c3c(C)cccc23)NCC)CC1.I. The summed E-state index contributed by atoms with van der Waals surface area (Å²) in [6.45, 7) is 11.8. The average molecular weight is 497 g/mol. The van der Waals surface area contributed by atoms with Crippen LogP contribution in [0.4, 0.5) is 0 Å². The lowest BCUT2D eigenvalue weighted by Gasteiger charge is -2.32. The maximum atomic E-state index is 4.83. The van der Waals surface area contributed by atoms with Gasteiger partial charge in [-0.15, -0.1) is 24.0 Å². The molecule has 1 fully saturated rings. The number of benzene rings is 1. The summed E-state index contributed by atoms with van der Waals surface area (Å²) in [5.74, 6) is 0.961. The van der Waals surface area contributed by atoms with E-state index in [9.17, 15) is 0 Å². The summed E-state index contributed by atoms with van der Waals surface area (Å²) in [6.07, 6.45) is 6.74. The molecule has 1 saturated heterocycles. The van der Waals surface area contributed by atoms with E-state index in [1.54, 1.807) is 0 Å². The van der Waals surface area contributed by atoms with Crippen molar-refractivity contribution in [3.05, 3.63) is 35.5 Å². The summed E-state index contributed by atoms with van der Waals surface area (Å²) < 4.78 is 0. The number of likely N-dealkylation sites (tertiary alicyclic amines) is 1. The van der Waals surface area contributed by atoms with E-state index in [1.807, 2.05) is 0 Å². The molecule has 5 nitrogen and oxygen atoms in total. The summed E-state index contributed by atoms with van der Waals surface area (Å²) in [7, 11) is 0. The van der Waals surface area contributed by atoms with Crippen LogP contribution in [0.3, 0.4) is 0 Å². The second-order valence-corrected chi connectivity index (χ2v) is 7.58. The minimum Gasteiger partial charge on any atom is -0.361 e. The third kappa shape index (κ3) is 6.11. The molecular weight excluding hydrogens is 461 g/mol. The van der Waals surface area contributed by atoms with E-state index in [1.165, 1.54) is 60.9 Å². The average Bonchev–Trinajstić information content (AvgIpc) is 3.08. The summed E-state index contributed by atoms with van der Waals surface area (Å²) in [4.78, 5) is 10.8. The summed E-state index contributed by atoms with van der Waals surface area (Å²) in [5.41, 5.74) is 3.90. The Morgan fingerprint density at radius 2 is 2.04 bits per heavy atom. The van der Waals surface area contributed by atoms with Gasteiger partial charge in [-0.3, -0.25) is 4.99 Å². The normalized spacial score (nSPS) is 16.2. The first-order chi connectivity index (χ1) is 13.2. The number of piperidine rings is 1. The number of guanidine groups is 1. The molecule has 0 aliphatic carbocycles. The summed E-state index contributed by atoms with van der Waals surface area (Å²) in [5, 5.41) is 8.39. The zero-order chi connectivity index (χ0) is 19.1. The number of hydrogen-bond acceptors (Lipinski definition) is 2. The molecule has 0 spiro atoms. The van der Waals surface area contributed by atoms with Gasteiger partial charge in [0.15, 0.2) is 5.96 Å². The first-order valence-corrected chi connectivity index (χ1v) is 10.5. The van der Waals surface area contributed by atoms with Crippen molar-refractivity contribution in [2.45, 2.75) is 52.5 Å². The van der Waals surface area contributed by atoms with Gasteiger partial charge in [-0.05, 0) is 57.2 Å². The molecule has 0 atom stereocenters. The van der Waals surface area contributed by atoms with E-state index >= 15 is 0 Å². The van der Waals surface area contributed by atoms with Crippen LogP contribution in [0, 0.1) is 6.92 Å². The number of aliphatic imine (C=N–C) groups is 1. The van der Waals surface area contributed by atoms with E-state index < -0.39 is 0 Å². The molecule has 0 bridgehead atoms. The Bertz CT molecular complexity index is 746. The van der Waals surface area contributed by atoms with Crippen LogP contribution < -0.4 is 10.6 Å². The first-order valence-electron chi connectivity index (χ1n) is 10.5. The third-order valence-electron chi connectivity index (χ3n) is 5.47. The topological polar surface area (TPSA) is 55.5 Å². The van der Waals surface area contributed by atoms with Crippen LogP contribution in [0.15, 0.2) is 29.4 Å². The zero-order valence-corrected chi connectivity index (χ0v) is 19.9. The third-order valence-corrected chi connectivity index (χ3v) is 5.47. The van der Waals surface area contributed by atoms with Gasteiger partial charge in [0, 0.05) is 49.3 Å². The van der Waals surface area contributed by atoms with Crippen LogP contribution in [-0.4, -0.2) is 54.6 Å². The van der Waals surface area contributed by atoms with Gasteiger partial charge in [-0.1, -0.05) is 25.1 Å². The smallest absolute Gasteiger partial charge is 0.191 e. The van der Waals surface area contributed by atoms with E-state index in [0.717, 1.165) is 25.5 Å². The highest BCUT2D eigenvalue weighted by Crippen LogP contribution is 2.21. The van der Waals surface area contributed by atoms with Crippen LogP contribution >= 0.6 is 24.0 Å². The highest BCUT2D eigenvalue weighted by atomic mass is 127. The fourth-order valence-electron chi connectivity index (χ4n) is 3.99. The van der Waals surface area contributed by atoms with Crippen molar-refractivity contribution in [3.8, 4) is 0 Å². The fraction of sp³-hybridized carbons (Fsp3) is 0.591. The predicted octanol–water partition coefficient (Wildman–Crippen LogP) is 4.07. The molecule has 1 aromatic heterocycles. The lowest BCUT2D eigenvalue weighted by molar-refractivity contribution is 0.206. The molecular formula is C22H36IN5. The largest absolute Gasteiger partial charge is 0.361 e. The monoisotopic (exact) mass is 497 g/mol. The van der Waals surface area contributed by atoms with Crippen LogP contribution in [0.5, 0.6) is 0 Å². The van der Waals surface area contributed by atoms with Crippen molar-refractivity contribution in [1.29, 1.82) is 0 Å². The van der Waals surface area contributed by atoms with Crippen molar-refractivity contribution in [2.24, 2.45) is 4.99 Å². The summed E-state index contributed by atoms with van der Waals surface area (Å²) >= 11 is 0. The number of para-hydroxylation sites is 1. The highest BCUT2D eigenvalue weighted by Gasteiger charge is 2.19. The molecule has 1 aliphatic rings. The van der Waals surface area contributed by atoms with Crippen molar-refractivity contribution < 1.29 is 0 Å². The molecule has 6 heteroatoms. The lowest BCUT2D eigenvalue weighted by atomic mass is 10.1. The molecule has 2 heterocycles. The molecule has 28 heavy (non-hydrogen) atoms. The van der Waals surface area contributed by atoms with Crippen molar-refractivity contribution >= 4 is 40.8 Å². The number of aromatic nitrogens is 1. The molecule has 2 aromatic rings. The maximum absolute atomic E-state index is 4.83. The van der Waals surface area contributed by atoms with Gasteiger partial charge in [-0.2, -0.15) is 0 Å². The maximum Gasteiger partial charge on any atom is 0.191 e. The molecule has 0 amide bonds. The van der Waals surface area contributed by atoms with E-state index in [2.05, 4.69) is 65.7 Å². The number of aromatic amines is 1. The first kappa shape index (κ1) is 23.0. The number of halogens is 1. The molecule has 0 unspecified atom stereocenters.